The molecule has 21 heavy (non-hydrogen) atoms. The highest BCUT2D eigenvalue weighted by Crippen LogP contribution is 2.17. The summed E-state index contributed by atoms with van der Waals surface area (Å²) >= 11 is 0. The zero-order valence-electron chi connectivity index (χ0n) is 12.5. The van der Waals surface area contributed by atoms with Gasteiger partial charge < -0.3 is 11.1 Å². The molecule has 0 aliphatic rings. The highest BCUT2D eigenvalue weighted by atomic mass is 15.1. The number of hydrogen-bond acceptors (Lipinski definition) is 1. The number of rotatable bonds is 6. The van der Waals surface area contributed by atoms with E-state index < -0.39 is 0 Å². The van der Waals surface area contributed by atoms with Crippen LogP contribution in [-0.4, -0.2) is 12.5 Å². The minimum Gasteiger partial charge on any atom is -0.370 e. The van der Waals surface area contributed by atoms with Crippen molar-refractivity contribution in [3.05, 3.63) is 71.8 Å². The second-order valence-electron chi connectivity index (χ2n) is 5.21. The first kappa shape index (κ1) is 15.1. The molecule has 0 heterocycles. The summed E-state index contributed by atoms with van der Waals surface area (Å²) in [6, 6.07) is 20.6. The van der Waals surface area contributed by atoms with E-state index in [0.29, 0.717) is 18.4 Å². The van der Waals surface area contributed by atoms with Gasteiger partial charge in [0.2, 0.25) is 0 Å². The van der Waals surface area contributed by atoms with Gasteiger partial charge in [-0.25, -0.2) is 4.99 Å². The van der Waals surface area contributed by atoms with Gasteiger partial charge in [0.25, 0.3) is 0 Å². The van der Waals surface area contributed by atoms with Crippen molar-refractivity contribution in [2.75, 3.05) is 6.54 Å². The van der Waals surface area contributed by atoms with E-state index in [0.717, 1.165) is 13.0 Å². The summed E-state index contributed by atoms with van der Waals surface area (Å²) in [4.78, 5) is 4.35. The van der Waals surface area contributed by atoms with Gasteiger partial charge in [0.05, 0.1) is 6.54 Å². The smallest absolute Gasteiger partial charge is 0.188 e. The average molecular weight is 281 g/mol. The molecular formula is C18H23N3. The van der Waals surface area contributed by atoms with Crippen LogP contribution in [0.3, 0.4) is 0 Å². The number of nitrogens with two attached hydrogens (primary N) is 1. The molecule has 0 saturated heterocycles. The summed E-state index contributed by atoms with van der Waals surface area (Å²) in [7, 11) is 0. The fourth-order valence-corrected chi connectivity index (χ4v) is 2.18. The fourth-order valence-electron chi connectivity index (χ4n) is 2.18. The Morgan fingerprint density at radius 3 is 2.33 bits per heavy atom. The Balaban J connectivity index is 1.73. The quantitative estimate of drug-likeness (QED) is 0.630. The lowest BCUT2D eigenvalue weighted by molar-refractivity contribution is 0.659. The van der Waals surface area contributed by atoms with Gasteiger partial charge >= 0.3 is 0 Å². The molecule has 0 bridgehead atoms. The molecule has 0 aliphatic carbocycles. The van der Waals surface area contributed by atoms with Gasteiger partial charge in [-0.05, 0) is 23.5 Å². The van der Waals surface area contributed by atoms with Crippen LogP contribution in [-0.2, 0) is 6.54 Å². The molecule has 2 rings (SSSR count). The van der Waals surface area contributed by atoms with Crippen LogP contribution < -0.4 is 11.1 Å². The zero-order chi connectivity index (χ0) is 14.9. The molecule has 3 heteroatoms. The summed E-state index contributed by atoms with van der Waals surface area (Å²) < 4.78 is 0. The minimum atomic E-state index is 0.513. The van der Waals surface area contributed by atoms with Crippen LogP contribution in [0, 0.1) is 0 Å². The number of benzene rings is 2. The Morgan fingerprint density at radius 1 is 1.05 bits per heavy atom. The van der Waals surface area contributed by atoms with Crippen molar-refractivity contribution < 1.29 is 0 Å². The second-order valence-corrected chi connectivity index (χ2v) is 5.21. The van der Waals surface area contributed by atoms with Crippen molar-refractivity contribution in [3.63, 3.8) is 0 Å². The molecule has 2 aromatic carbocycles. The Morgan fingerprint density at radius 2 is 1.67 bits per heavy atom. The molecule has 0 spiro atoms. The molecule has 110 valence electrons. The van der Waals surface area contributed by atoms with E-state index in [2.05, 4.69) is 41.5 Å². The lowest BCUT2D eigenvalue weighted by atomic mass is 9.98. The molecular weight excluding hydrogens is 258 g/mol. The molecule has 0 radical (unpaired) electrons. The molecule has 0 saturated carbocycles. The van der Waals surface area contributed by atoms with Crippen molar-refractivity contribution in [1.29, 1.82) is 0 Å². The van der Waals surface area contributed by atoms with Gasteiger partial charge in [0.15, 0.2) is 5.96 Å². The fraction of sp³-hybridized carbons (Fsp3) is 0.278. The van der Waals surface area contributed by atoms with Gasteiger partial charge in [-0.2, -0.15) is 0 Å². The van der Waals surface area contributed by atoms with Crippen LogP contribution in [0.2, 0.25) is 0 Å². The third kappa shape index (κ3) is 5.30. The Kier molecular flexibility index (Phi) is 5.83. The predicted octanol–water partition coefficient (Wildman–Crippen LogP) is 3.28. The predicted molar refractivity (Wildman–Crippen MR) is 89.2 cm³/mol. The summed E-state index contributed by atoms with van der Waals surface area (Å²) in [6.45, 7) is 3.68. The number of nitrogens with one attached hydrogen (secondary N) is 1. The lowest BCUT2D eigenvalue weighted by Crippen LogP contribution is -2.32. The van der Waals surface area contributed by atoms with E-state index in [9.17, 15) is 0 Å². The normalized spacial score (nSPS) is 12.9. The van der Waals surface area contributed by atoms with E-state index in [4.69, 9.17) is 5.73 Å². The Labute approximate surface area is 126 Å². The Bertz CT molecular complexity index is 549. The van der Waals surface area contributed by atoms with Gasteiger partial charge in [0.1, 0.15) is 0 Å². The second kappa shape index (κ2) is 8.10. The van der Waals surface area contributed by atoms with Crippen LogP contribution in [0.4, 0.5) is 0 Å². The molecule has 1 atom stereocenters. The molecule has 0 aliphatic heterocycles. The highest BCUT2D eigenvalue weighted by molar-refractivity contribution is 5.77. The first-order valence-electron chi connectivity index (χ1n) is 7.38. The monoisotopic (exact) mass is 281 g/mol. The van der Waals surface area contributed by atoms with E-state index >= 15 is 0 Å². The standard InChI is InChI=1S/C18H23N3/c1-15(17-10-6-3-7-11-17)12-13-20-18(19)21-14-16-8-4-2-5-9-16/h2-11,15H,12-14H2,1H3,(H3,19,20,21)/t15-/m1/s1. The molecule has 0 fully saturated rings. The Hall–Kier alpha value is -2.29. The van der Waals surface area contributed by atoms with E-state index in [1.807, 2.05) is 36.4 Å². The van der Waals surface area contributed by atoms with Crippen molar-refractivity contribution in [2.24, 2.45) is 10.7 Å². The maximum atomic E-state index is 5.89. The summed E-state index contributed by atoms with van der Waals surface area (Å²) in [5, 5.41) is 3.18. The van der Waals surface area contributed by atoms with E-state index in [-0.39, 0.29) is 0 Å². The lowest BCUT2D eigenvalue weighted by Gasteiger charge is -2.12. The van der Waals surface area contributed by atoms with Gasteiger partial charge in [0, 0.05) is 6.54 Å². The van der Waals surface area contributed by atoms with Crippen LogP contribution in [0.1, 0.15) is 30.4 Å². The van der Waals surface area contributed by atoms with Crippen molar-refractivity contribution >= 4 is 5.96 Å². The van der Waals surface area contributed by atoms with E-state index in [1.54, 1.807) is 0 Å². The highest BCUT2D eigenvalue weighted by Gasteiger charge is 2.04. The van der Waals surface area contributed by atoms with Crippen LogP contribution >= 0.6 is 0 Å². The van der Waals surface area contributed by atoms with Gasteiger partial charge in [-0.15, -0.1) is 0 Å². The number of guanidine groups is 1. The zero-order valence-corrected chi connectivity index (χ0v) is 12.5. The first-order valence-corrected chi connectivity index (χ1v) is 7.38. The summed E-state index contributed by atoms with van der Waals surface area (Å²) in [5.41, 5.74) is 8.41. The van der Waals surface area contributed by atoms with Crippen molar-refractivity contribution in [3.8, 4) is 0 Å². The average Bonchev–Trinajstić information content (AvgIpc) is 2.54. The maximum absolute atomic E-state index is 5.89. The van der Waals surface area contributed by atoms with E-state index in [1.165, 1.54) is 11.1 Å². The SMILES string of the molecule is C[C@H](CCNC(N)=NCc1ccccc1)c1ccccc1. The number of nitrogens with zero attached hydrogens (tertiary/aromatic N) is 1. The molecule has 0 amide bonds. The van der Waals surface area contributed by atoms with Gasteiger partial charge in [-0.1, -0.05) is 67.6 Å². The number of aliphatic imine (C=N–C) groups is 1. The minimum absolute atomic E-state index is 0.513. The molecule has 0 unspecified atom stereocenters. The first-order chi connectivity index (χ1) is 10.3. The number of hydrogen-bond donors (Lipinski definition) is 2. The molecule has 3 N–H and O–H groups in total. The van der Waals surface area contributed by atoms with Crippen LogP contribution in [0.15, 0.2) is 65.7 Å². The van der Waals surface area contributed by atoms with Crippen molar-refractivity contribution in [2.45, 2.75) is 25.8 Å². The van der Waals surface area contributed by atoms with Crippen molar-refractivity contribution in [1.82, 2.24) is 5.32 Å². The topological polar surface area (TPSA) is 50.4 Å². The molecule has 3 nitrogen and oxygen atoms in total. The largest absolute Gasteiger partial charge is 0.370 e. The maximum Gasteiger partial charge on any atom is 0.188 e. The summed E-state index contributed by atoms with van der Waals surface area (Å²) in [5.74, 6) is 1.03. The van der Waals surface area contributed by atoms with Crippen LogP contribution in [0.5, 0.6) is 0 Å². The third-order valence-electron chi connectivity index (χ3n) is 3.53. The van der Waals surface area contributed by atoms with Crippen LogP contribution in [0.25, 0.3) is 0 Å². The van der Waals surface area contributed by atoms with Gasteiger partial charge in [-0.3, -0.25) is 0 Å². The summed E-state index contributed by atoms with van der Waals surface area (Å²) in [6.07, 6.45) is 1.03. The molecule has 0 aromatic heterocycles. The third-order valence-corrected chi connectivity index (χ3v) is 3.53. The molecule has 2 aromatic rings.